The van der Waals surface area contributed by atoms with Gasteiger partial charge in [-0.3, -0.25) is 0 Å². The number of aromatic nitrogens is 2. The summed E-state index contributed by atoms with van der Waals surface area (Å²) in [6.07, 6.45) is 2.83. The van der Waals surface area contributed by atoms with Gasteiger partial charge in [-0.05, 0) is 62.2 Å². The van der Waals surface area contributed by atoms with Gasteiger partial charge in [0, 0.05) is 23.6 Å². The maximum absolute atomic E-state index is 5.48. The minimum absolute atomic E-state index is 0.376. The molecule has 0 saturated heterocycles. The monoisotopic (exact) mass is 346 g/mol. The molecule has 1 unspecified atom stereocenters. The number of benzene rings is 2. The summed E-state index contributed by atoms with van der Waals surface area (Å²) in [6, 6.07) is 18.7. The van der Waals surface area contributed by atoms with Gasteiger partial charge in [0.15, 0.2) is 0 Å². The maximum atomic E-state index is 5.48. The third-order valence-corrected chi connectivity index (χ3v) is 4.52. The standard InChI is InChI=1S/C21H22N4O/c1-3-26-18-10-8-17(9-11-18)23-21-22-13-12-20(24-21)25-15(2)14-16-6-4-5-7-19(16)25/h4-13,15H,3,14H2,1-2H3,(H,22,23,24). The van der Waals surface area contributed by atoms with E-state index in [4.69, 9.17) is 9.72 Å². The van der Waals surface area contributed by atoms with E-state index in [9.17, 15) is 0 Å². The minimum atomic E-state index is 0.376. The summed E-state index contributed by atoms with van der Waals surface area (Å²) >= 11 is 0. The Hall–Kier alpha value is -3.08. The van der Waals surface area contributed by atoms with Gasteiger partial charge < -0.3 is 15.0 Å². The first-order valence-corrected chi connectivity index (χ1v) is 8.94. The summed E-state index contributed by atoms with van der Waals surface area (Å²) in [7, 11) is 0. The lowest BCUT2D eigenvalue weighted by Crippen LogP contribution is -2.25. The number of anilines is 4. The maximum Gasteiger partial charge on any atom is 0.229 e. The first kappa shape index (κ1) is 16.4. The molecule has 0 spiro atoms. The first-order valence-electron chi connectivity index (χ1n) is 8.94. The largest absolute Gasteiger partial charge is 0.494 e. The summed E-state index contributed by atoms with van der Waals surface area (Å²) in [5.41, 5.74) is 3.52. The molecule has 1 atom stereocenters. The fourth-order valence-corrected chi connectivity index (χ4v) is 3.39. The molecule has 1 aliphatic heterocycles. The van der Waals surface area contributed by atoms with Gasteiger partial charge in [0.05, 0.1) is 6.61 Å². The van der Waals surface area contributed by atoms with E-state index in [1.165, 1.54) is 11.3 Å². The zero-order chi connectivity index (χ0) is 17.9. The molecule has 26 heavy (non-hydrogen) atoms. The molecule has 2 aromatic carbocycles. The van der Waals surface area contributed by atoms with E-state index >= 15 is 0 Å². The van der Waals surface area contributed by atoms with Crippen LogP contribution in [0.1, 0.15) is 19.4 Å². The molecule has 5 heteroatoms. The van der Waals surface area contributed by atoms with E-state index in [1.807, 2.05) is 37.3 Å². The summed E-state index contributed by atoms with van der Waals surface area (Å²) < 4.78 is 5.48. The molecule has 1 aromatic heterocycles. The second kappa shape index (κ2) is 7.04. The Bertz CT molecular complexity index is 895. The molecule has 2 heterocycles. The molecule has 3 aromatic rings. The van der Waals surface area contributed by atoms with Crippen LogP contribution >= 0.6 is 0 Å². The van der Waals surface area contributed by atoms with Gasteiger partial charge in [-0.2, -0.15) is 4.98 Å². The van der Waals surface area contributed by atoms with Crippen molar-refractivity contribution in [3.05, 3.63) is 66.4 Å². The molecule has 0 radical (unpaired) electrons. The number of hydrogen-bond acceptors (Lipinski definition) is 5. The molecule has 1 N–H and O–H groups in total. The number of fused-ring (bicyclic) bond motifs is 1. The highest BCUT2D eigenvalue weighted by atomic mass is 16.5. The number of nitrogens with zero attached hydrogens (tertiary/aromatic N) is 3. The van der Waals surface area contributed by atoms with Crippen LogP contribution in [0.2, 0.25) is 0 Å². The van der Waals surface area contributed by atoms with Crippen molar-refractivity contribution >= 4 is 23.1 Å². The van der Waals surface area contributed by atoms with Crippen molar-refractivity contribution in [1.29, 1.82) is 0 Å². The van der Waals surface area contributed by atoms with E-state index in [1.54, 1.807) is 6.20 Å². The Morgan fingerprint density at radius 3 is 2.73 bits per heavy atom. The highest BCUT2D eigenvalue weighted by Gasteiger charge is 2.27. The Kier molecular flexibility index (Phi) is 4.44. The summed E-state index contributed by atoms with van der Waals surface area (Å²) in [5, 5.41) is 3.27. The highest BCUT2D eigenvalue weighted by molar-refractivity contribution is 5.69. The second-order valence-electron chi connectivity index (χ2n) is 6.37. The topological polar surface area (TPSA) is 50.3 Å². The average molecular weight is 346 g/mol. The number of para-hydroxylation sites is 1. The molecule has 4 rings (SSSR count). The fourth-order valence-electron chi connectivity index (χ4n) is 3.39. The zero-order valence-electron chi connectivity index (χ0n) is 15.0. The second-order valence-corrected chi connectivity index (χ2v) is 6.37. The van der Waals surface area contributed by atoms with Crippen molar-refractivity contribution in [3.8, 4) is 5.75 Å². The molecule has 132 valence electrons. The third-order valence-electron chi connectivity index (χ3n) is 4.52. The molecule has 1 aliphatic rings. The van der Waals surface area contributed by atoms with Crippen molar-refractivity contribution in [2.75, 3.05) is 16.8 Å². The molecule has 0 aliphatic carbocycles. The van der Waals surface area contributed by atoms with Crippen LogP contribution in [0.5, 0.6) is 5.75 Å². The van der Waals surface area contributed by atoms with Crippen molar-refractivity contribution in [3.63, 3.8) is 0 Å². The van der Waals surface area contributed by atoms with Gasteiger partial charge in [-0.25, -0.2) is 4.98 Å². The van der Waals surface area contributed by atoms with E-state index in [2.05, 4.69) is 46.4 Å². The van der Waals surface area contributed by atoms with Crippen LogP contribution in [0.4, 0.5) is 23.1 Å². The van der Waals surface area contributed by atoms with Gasteiger partial charge >= 0.3 is 0 Å². The van der Waals surface area contributed by atoms with Crippen LogP contribution in [-0.4, -0.2) is 22.6 Å². The molecule has 0 fully saturated rings. The average Bonchev–Trinajstić information content (AvgIpc) is 2.99. The van der Waals surface area contributed by atoms with Gasteiger partial charge in [-0.15, -0.1) is 0 Å². The van der Waals surface area contributed by atoms with Crippen molar-refractivity contribution < 1.29 is 4.74 Å². The Morgan fingerprint density at radius 2 is 1.92 bits per heavy atom. The van der Waals surface area contributed by atoms with Crippen molar-refractivity contribution in [2.45, 2.75) is 26.3 Å². The highest BCUT2D eigenvalue weighted by Crippen LogP contribution is 2.37. The van der Waals surface area contributed by atoms with E-state index in [0.29, 0.717) is 18.6 Å². The molecule has 0 saturated carbocycles. The smallest absolute Gasteiger partial charge is 0.229 e. The molecule has 0 bridgehead atoms. The van der Waals surface area contributed by atoms with Gasteiger partial charge in [-0.1, -0.05) is 18.2 Å². The zero-order valence-corrected chi connectivity index (χ0v) is 15.0. The van der Waals surface area contributed by atoms with Crippen molar-refractivity contribution in [1.82, 2.24) is 9.97 Å². The molecule has 5 nitrogen and oxygen atoms in total. The van der Waals surface area contributed by atoms with Crippen LogP contribution in [0.3, 0.4) is 0 Å². The predicted molar refractivity (Wildman–Crippen MR) is 105 cm³/mol. The lowest BCUT2D eigenvalue weighted by molar-refractivity contribution is 0.340. The molecular formula is C21H22N4O. The van der Waals surface area contributed by atoms with E-state index in [-0.39, 0.29) is 0 Å². The van der Waals surface area contributed by atoms with Crippen LogP contribution in [0.25, 0.3) is 0 Å². The SMILES string of the molecule is CCOc1ccc(Nc2nccc(N3c4ccccc4CC3C)n2)cc1. The van der Waals surface area contributed by atoms with Crippen LogP contribution in [0.15, 0.2) is 60.8 Å². The van der Waals surface area contributed by atoms with Crippen LogP contribution in [0, 0.1) is 0 Å². The van der Waals surface area contributed by atoms with Gasteiger partial charge in [0.1, 0.15) is 11.6 Å². The third kappa shape index (κ3) is 3.20. The molecule has 0 amide bonds. The molecular weight excluding hydrogens is 324 g/mol. The predicted octanol–water partition coefficient (Wildman–Crippen LogP) is 4.70. The van der Waals surface area contributed by atoms with Crippen LogP contribution < -0.4 is 15.0 Å². The minimum Gasteiger partial charge on any atom is -0.494 e. The fraction of sp³-hybridized carbons (Fsp3) is 0.238. The van der Waals surface area contributed by atoms with Gasteiger partial charge in [0.2, 0.25) is 5.95 Å². The van der Waals surface area contributed by atoms with Gasteiger partial charge in [0.25, 0.3) is 0 Å². The number of nitrogens with one attached hydrogen (secondary N) is 1. The quantitative estimate of drug-likeness (QED) is 0.725. The number of hydrogen-bond donors (Lipinski definition) is 1. The summed E-state index contributed by atoms with van der Waals surface area (Å²) in [6.45, 7) is 4.86. The Labute approximate surface area is 153 Å². The van der Waals surface area contributed by atoms with Crippen LogP contribution in [-0.2, 0) is 6.42 Å². The lowest BCUT2D eigenvalue weighted by Gasteiger charge is -2.24. The van der Waals surface area contributed by atoms with E-state index in [0.717, 1.165) is 23.7 Å². The Morgan fingerprint density at radius 1 is 1.12 bits per heavy atom. The summed E-state index contributed by atoms with van der Waals surface area (Å²) in [5.74, 6) is 2.35. The first-order chi connectivity index (χ1) is 12.7. The van der Waals surface area contributed by atoms with E-state index < -0.39 is 0 Å². The number of ether oxygens (including phenoxy) is 1. The number of rotatable bonds is 5. The Balaban J connectivity index is 1.57. The normalized spacial score (nSPS) is 15.6. The van der Waals surface area contributed by atoms with Crippen molar-refractivity contribution in [2.24, 2.45) is 0 Å². The lowest BCUT2D eigenvalue weighted by atomic mass is 10.1. The summed E-state index contributed by atoms with van der Waals surface area (Å²) in [4.78, 5) is 11.4.